The molecule has 2 aromatic heterocycles. The lowest BCUT2D eigenvalue weighted by molar-refractivity contribution is 0.0949. The van der Waals surface area contributed by atoms with Gasteiger partial charge in [0.05, 0.1) is 6.33 Å². The van der Waals surface area contributed by atoms with Crippen LogP contribution < -0.4 is 5.32 Å². The van der Waals surface area contributed by atoms with Gasteiger partial charge < -0.3 is 15.3 Å². The van der Waals surface area contributed by atoms with Crippen molar-refractivity contribution in [2.24, 2.45) is 0 Å². The molecule has 0 saturated heterocycles. The molecule has 0 saturated carbocycles. The molecule has 6 heteroatoms. The number of benzene rings is 1. The van der Waals surface area contributed by atoms with Gasteiger partial charge in [0, 0.05) is 54.3 Å². The number of aromatic nitrogens is 3. The maximum Gasteiger partial charge on any atom is 0.251 e. The van der Waals surface area contributed by atoms with Crippen LogP contribution in [-0.2, 0) is 12.8 Å². The minimum Gasteiger partial charge on any atom is -0.365 e. The average molecular weight is 350 g/mol. The van der Waals surface area contributed by atoms with Gasteiger partial charge in [0.15, 0.2) is 5.78 Å². The lowest BCUT2D eigenvalue weighted by Gasteiger charge is -2.06. The number of hydrogen-bond acceptors (Lipinski definition) is 3. The van der Waals surface area contributed by atoms with Crippen molar-refractivity contribution in [1.29, 1.82) is 0 Å². The number of aromatic amines is 2. The van der Waals surface area contributed by atoms with Gasteiger partial charge in [0.25, 0.3) is 5.91 Å². The highest BCUT2D eigenvalue weighted by atomic mass is 16.1. The van der Waals surface area contributed by atoms with E-state index in [9.17, 15) is 9.59 Å². The number of nitrogens with one attached hydrogen (secondary N) is 3. The monoisotopic (exact) mass is 350 g/mol. The minimum atomic E-state index is -0.130. The van der Waals surface area contributed by atoms with Crippen LogP contribution in [0.2, 0.25) is 0 Å². The zero-order chi connectivity index (χ0) is 18.2. The Kier molecular flexibility index (Phi) is 5.98. The fourth-order valence-electron chi connectivity index (χ4n) is 2.75. The van der Waals surface area contributed by atoms with Crippen LogP contribution in [0, 0.1) is 0 Å². The van der Waals surface area contributed by atoms with Crippen molar-refractivity contribution < 1.29 is 9.59 Å². The Labute approximate surface area is 152 Å². The number of carbonyl (C=O) groups excluding carboxylic acids is 2. The Hall–Kier alpha value is -3.15. The number of H-pyrrole nitrogens is 2. The number of carbonyl (C=O) groups is 2. The quantitative estimate of drug-likeness (QED) is 0.518. The van der Waals surface area contributed by atoms with Crippen LogP contribution in [0.4, 0.5) is 0 Å². The third-order valence-electron chi connectivity index (χ3n) is 4.22. The van der Waals surface area contributed by atoms with Crippen LogP contribution in [0.25, 0.3) is 0 Å². The van der Waals surface area contributed by atoms with Crippen molar-refractivity contribution in [3.05, 3.63) is 77.6 Å². The summed E-state index contributed by atoms with van der Waals surface area (Å²) in [6.07, 6.45) is 8.07. The molecule has 0 radical (unpaired) electrons. The lowest BCUT2D eigenvalue weighted by Crippen LogP contribution is -2.25. The average Bonchev–Trinajstić information content (AvgIpc) is 3.36. The summed E-state index contributed by atoms with van der Waals surface area (Å²) < 4.78 is 0. The second-order valence-electron chi connectivity index (χ2n) is 6.13. The number of ketones is 1. The molecule has 1 aromatic carbocycles. The largest absolute Gasteiger partial charge is 0.365 e. The fourth-order valence-corrected chi connectivity index (χ4v) is 2.75. The number of imidazole rings is 1. The Morgan fingerprint density at radius 3 is 2.46 bits per heavy atom. The van der Waals surface area contributed by atoms with Gasteiger partial charge >= 0.3 is 0 Å². The lowest BCUT2D eigenvalue weighted by atomic mass is 10.0. The number of hydrogen-bond donors (Lipinski definition) is 3. The first-order chi connectivity index (χ1) is 12.7. The van der Waals surface area contributed by atoms with Crippen molar-refractivity contribution in [3.8, 4) is 0 Å². The van der Waals surface area contributed by atoms with Crippen molar-refractivity contribution in [2.45, 2.75) is 25.7 Å². The first-order valence-corrected chi connectivity index (χ1v) is 8.73. The van der Waals surface area contributed by atoms with E-state index >= 15 is 0 Å². The first-order valence-electron chi connectivity index (χ1n) is 8.73. The molecule has 0 aliphatic carbocycles. The third kappa shape index (κ3) is 4.92. The number of Topliss-reactive ketones (excluding diaryl/α,β-unsaturated/α-hetero) is 1. The molecule has 3 N–H and O–H groups in total. The molecule has 0 atom stereocenters. The highest BCUT2D eigenvalue weighted by Crippen LogP contribution is 2.10. The first kappa shape index (κ1) is 17.7. The van der Waals surface area contributed by atoms with Crippen molar-refractivity contribution in [2.75, 3.05) is 6.54 Å². The highest BCUT2D eigenvalue weighted by molar-refractivity contribution is 5.98. The van der Waals surface area contributed by atoms with Gasteiger partial charge in [-0.25, -0.2) is 4.98 Å². The second kappa shape index (κ2) is 8.80. The van der Waals surface area contributed by atoms with Gasteiger partial charge in [-0.15, -0.1) is 0 Å². The molecule has 2 heterocycles. The summed E-state index contributed by atoms with van der Waals surface area (Å²) in [7, 11) is 0. The molecule has 0 fully saturated rings. The van der Waals surface area contributed by atoms with Gasteiger partial charge in [-0.05, 0) is 37.1 Å². The van der Waals surface area contributed by atoms with Crippen LogP contribution >= 0.6 is 0 Å². The summed E-state index contributed by atoms with van der Waals surface area (Å²) in [5.41, 5.74) is 3.31. The molecule has 6 nitrogen and oxygen atoms in total. The van der Waals surface area contributed by atoms with Crippen LogP contribution in [0.3, 0.4) is 0 Å². The van der Waals surface area contributed by atoms with E-state index in [2.05, 4.69) is 20.3 Å². The summed E-state index contributed by atoms with van der Waals surface area (Å²) >= 11 is 0. The fraction of sp³-hybridized carbons (Fsp3) is 0.250. The molecule has 26 heavy (non-hydrogen) atoms. The van der Waals surface area contributed by atoms with E-state index in [0.717, 1.165) is 30.7 Å². The maximum absolute atomic E-state index is 12.2. The Bertz CT molecular complexity index is 750. The Balaban J connectivity index is 1.44. The van der Waals surface area contributed by atoms with Crippen molar-refractivity contribution in [1.82, 2.24) is 20.3 Å². The Morgan fingerprint density at radius 1 is 0.962 bits per heavy atom. The summed E-state index contributed by atoms with van der Waals surface area (Å²) in [4.78, 5) is 34.5. The molecule has 0 aliphatic rings. The predicted molar refractivity (Wildman–Crippen MR) is 99.1 cm³/mol. The zero-order valence-electron chi connectivity index (χ0n) is 14.5. The zero-order valence-corrected chi connectivity index (χ0v) is 14.5. The van der Waals surface area contributed by atoms with E-state index < -0.39 is 0 Å². The van der Waals surface area contributed by atoms with E-state index in [1.165, 1.54) is 0 Å². The number of rotatable bonds is 9. The molecule has 134 valence electrons. The SMILES string of the molecule is O=C(CCCc1cnc[nH]1)c1ccc(C(=O)NCCc2ccc[nH]2)cc1. The van der Waals surface area contributed by atoms with Gasteiger partial charge in [-0.1, -0.05) is 12.1 Å². The molecular formula is C20H22N4O2. The van der Waals surface area contributed by atoms with E-state index in [0.29, 0.717) is 24.1 Å². The van der Waals surface area contributed by atoms with Gasteiger partial charge in [-0.3, -0.25) is 9.59 Å². The summed E-state index contributed by atoms with van der Waals surface area (Å²) in [5, 5.41) is 2.88. The van der Waals surface area contributed by atoms with Gasteiger partial charge in [0.2, 0.25) is 0 Å². The van der Waals surface area contributed by atoms with Crippen molar-refractivity contribution >= 4 is 11.7 Å². The maximum atomic E-state index is 12.2. The van der Waals surface area contributed by atoms with E-state index in [-0.39, 0.29) is 11.7 Å². The predicted octanol–water partition coefficient (Wildman–Crippen LogP) is 2.92. The molecule has 3 aromatic rings. The number of amides is 1. The molecular weight excluding hydrogens is 328 g/mol. The van der Waals surface area contributed by atoms with E-state index in [1.54, 1.807) is 36.8 Å². The smallest absolute Gasteiger partial charge is 0.251 e. The van der Waals surface area contributed by atoms with E-state index in [1.807, 2.05) is 18.3 Å². The normalized spacial score (nSPS) is 10.6. The Morgan fingerprint density at radius 2 is 1.77 bits per heavy atom. The van der Waals surface area contributed by atoms with Gasteiger partial charge in [0.1, 0.15) is 0 Å². The van der Waals surface area contributed by atoms with Crippen LogP contribution in [0.1, 0.15) is 44.9 Å². The molecule has 0 spiro atoms. The molecule has 3 rings (SSSR count). The van der Waals surface area contributed by atoms with Crippen molar-refractivity contribution in [3.63, 3.8) is 0 Å². The van der Waals surface area contributed by atoms with Crippen LogP contribution in [-0.4, -0.2) is 33.2 Å². The topological polar surface area (TPSA) is 90.6 Å². The van der Waals surface area contributed by atoms with Crippen LogP contribution in [0.15, 0.2) is 55.1 Å². The summed E-state index contributed by atoms with van der Waals surface area (Å²) in [5.74, 6) is -0.0435. The van der Waals surface area contributed by atoms with E-state index in [4.69, 9.17) is 0 Å². The standard InChI is InChI=1S/C20H22N4O2/c25-19(5-1-3-18-13-21-14-24-18)15-6-8-16(9-7-15)20(26)23-12-10-17-4-2-11-22-17/h2,4,6-9,11,13-14,22H,1,3,5,10,12H2,(H,21,24)(H,23,26). The molecule has 1 amide bonds. The minimum absolute atomic E-state index is 0.0863. The molecule has 0 aliphatic heterocycles. The number of aryl methyl sites for hydroxylation is 1. The highest BCUT2D eigenvalue weighted by Gasteiger charge is 2.09. The summed E-state index contributed by atoms with van der Waals surface area (Å²) in [6.45, 7) is 0.563. The third-order valence-corrected chi connectivity index (χ3v) is 4.22. The summed E-state index contributed by atoms with van der Waals surface area (Å²) in [6, 6.07) is 10.8. The van der Waals surface area contributed by atoms with Gasteiger partial charge in [-0.2, -0.15) is 0 Å². The second-order valence-corrected chi connectivity index (χ2v) is 6.13. The molecule has 0 unspecified atom stereocenters. The number of nitrogens with zero attached hydrogens (tertiary/aromatic N) is 1. The molecule has 0 bridgehead atoms. The van der Waals surface area contributed by atoms with Crippen LogP contribution in [0.5, 0.6) is 0 Å².